The van der Waals surface area contributed by atoms with Crippen LogP contribution in [0.4, 0.5) is 0 Å². The van der Waals surface area contributed by atoms with Crippen LogP contribution < -0.4 is 0 Å². The Labute approximate surface area is 251 Å². The van der Waals surface area contributed by atoms with Crippen molar-refractivity contribution in [2.45, 2.75) is 155 Å². The molecule has 0 spiro atoms. The molecule has 0 saturated carbocycles. The first-order valence-electron chi connectivity index (χ1n) is 16.7. The minimum Gasteiger partial charge on any atom is -0.144 e. The second-order valence-corrected chi connectivity index (χ2v) is 14.9. The molecule has 4 rings (SSSR count). The maximum Gasteiger partial charge on any atom is 0.0527 e. The lowest BCUT2D eigenvalue weighted by atomic mass is 9.99. The smallest absolute Gasteiger partial charge is 0.0527 e. The van der Waals surface area contributed by atoms with Gasteiger partial charge in [-0.05, 0) is 48.6 Å². The van der Waals surface area contributed by atoms with E-state index in [2.05, 4.69) is 48.1 Å². The maximum atomic E-state index is 2.42. The average molecular weight is 583 g/mol. The van der Waals surface area contributed by atoms with Crippen molar-refractivity contribution in [2.75, 3.05) is 0 Å². The molecule has 1 aromatic carbocycles. The Kier molecular flexibility index (Phi) is 14.2. The van der Waals surface area contributed by atoms with Gasteiger partial charge in [0.05, 0.1) is 9.40 Å². The number of hydrogen-bond acceptors (Lipinski definition) is 3. The van der Waals surface area contributed by atoms with Gasteiger partial charge in [-0.1, -0.05) is 129 Å². The summed E-state index contributed by atoms with van der Waals surface area (Å²) in [5.41, 5.74) is 0. The van der Waals surface area contributed by atoms with Crippen molar-refractivity contribution in [2.24, 2.45) is 0 Å². The van der Waals surface area contributed by atoms with Crippen molar-refractivity contribution in [1.29, 1.82) is 0 Å². The highest BCUT2D eigenvalue weighted by atomic mass is 32.1. The fraction of sp³-hybridized carbons (Fsp3) is 0.667. The first kappa shape index (κ1) is 31.0. The van der Waals surface area contributed by atoms with Crippen molar-refractivity contribution >= 4 is 65.0 Å². The molecule has 0 bridgehead atoms. The molecule has 0 aliphatic rings. The van der Waals surface area contributed by atoms with Gasteiger partial charge in [-0.15, -0.1) is 34.0 Å². The molecule has 4 aromatic rings. The zero-order chi connectivity index (χ0) is 27.1. The van der Waals surface area contributed by atoms with E-state index in [9.17, 15) is 0 Å². The van der Waals surface area contributed by atoms with Gasteiger partial charge >= 0.3 is 0 Å². The van der Waals surface area contributed by atoms with Gasteiger partial charge in [0.1, 0.15) is 0 Å². The second kappa shape index (κ2) is 17.8. The Morgan fingerprint density at radius 3 is 1.13 bits per heavy atom. The number of hydrogen-bond donors (Lipinski definition) is 0. The van der Waals surface area contributed by atoms with Crippen molar-refractivity contribution in [3.8, 4) is 0 Å². The number of thiophene rings is 3. The summed E-state index contributed by atoms with van der Waals surface area (Å²) in [4.78, 5) is 3.37. The molecule has 216 valence electrons. The summed E-state index contributed by atoms with van der Waals surface area (Å²) in [7, 11) is 0. The topological polar surface area (TPSA) is 0 Å². The highest BCUT2D eigenvalue weighted by Crippen LogP contribution is 2.46. The minimum atomic E-state index is 1.27. The number of benzene rings is 1. The molecule has 0 aliphatic heterocycles. The van der Waals surface area contributed by atoms with Gasteiger partial charge in [-0.3, -0.25) is 0 Å². The third kappa shape index (κ3) is 9.04. The van der Waals surface area contributed by atoms with Gasteiger partial charge in [-0.25, -0.2) is 0 Å². The van der Waals surface area contributed by atoms with Crippen LogP contribution in [-0.4, -0.2) is 0 Å². The Bertz CT molecular complexity index is 1110. The Morgan fingerprint density at radius 2 is 0.769 bits per heavy atom. The minimum absolute atomic E-state index is 1.27. The van der Waals surface area contributed by atoms with E-state index in [1.165, 1.54) is 161 Å². The highest BCUT2D eigenvalue weighted by molar-refractivity contribution is 7.26. The number of fused-ring (bicyclic) bond motifs is 6. The predicted molar refractivity (Wildman–Crippen MR) is 184 cm³/mol. The summed E-state index contributed by atoms with van der Waals surface area (Å²) in [5.74, 6) is 0. The first-order chi connectivity index (χ1) is 19.3. The van der Waals surface area contributed by atoms with Crippen molar-refractivity contribution in [3.05, 3.63) is 32.6 Å². The van der Waals surface area contributed by atoms with Gasteiger partial charge in [0.2, 0.25) is 0 Å². The van der Waals surface area contributed by atoms with Crippen LogP contribution in [0, 0.1) is 0 Å². The molecule has 0 nitrogen and oxygen atoms in total. The SMILES string of the molecule is CCCCCCCCCCCCc1sc(CCCCCCCCCCCC)c2c3ccsc3c3sccc3c12. The van der Waals surface area contributed by atoms with Crippen molar-refractivity contribution in [1.82, 2.24) is 0 Å². The first-order valence-corrected chi connectivity index (χ1v) is 19.2. The largest absolute Gasteiger partial charge is 0.144 e. The average Bonchev–Trinajstić information content (AvgIpc) is 3.69. The van der Waals surface area contributed by atoms with Crippen LogP contribution in [0.5, 0.6) is 0 Å². The summed E-state index contributed by atoms with van der Waals surface area (Å²) >= 11 is 6.07. The second-order valence-electron chi connectivity index (χ2n) is 11.9. The lowest BCUT2D eigenvalue weighted by Crippen LogP contribution is -1.85. The van der Waals surface area contributed by atoms with Gasteiger partial charge in [0, 0.05) is 31.3 Å². The van der Waals surface area contributed by atoms with Crippen LogP contribution in [0.2, 0.25) is 0 Å². The van der Waals surface area contributed by atoms with E-state index >= 15 is 0 Å². The third-order valence-corrected chi connectivity index (χ3v) is 11.9. The lowest BCUT2D eigenvalue weighted by molar-refractivity contribution is 0.557. The molecule has 0 fully saturated rings. The summed E-state index contributed by atoms with van der Waals surface area (Å²) in [5, 5.41) is 11.0. The van der Waals surface area contributed by atoms with Crippen molar-refractivity contribution in [3.63, 3.8) is 0 Å². The van der Waals surface area contributed by atoms with E-state index in [1.54, 1.807) is 20.5 Å². The van der Waals surface area contributed by atoms with E-state index in [4.69, 9.17) is 0 Å². The van der Waals surface area contributed by atoms with Crippen LogP contribution in [0.15, 0.2) is 22.9 Å². The highest BCUT2D eigenvalue weighted by Gasteiger charge is 2.19. The number of rotatable bonds is 22. The van der Waals surface area contributed by atoms with Gasteiger partial charge in [-0.2, -0.15) is 0 Å². The third-order valence-electron chi connectivity index (χ3n) is 8.64. The fourth-order valence-electron chi connectivity index (χ4n) is 6.36. The monoisotopic (exact) mass is 582 g/mol. The van der Waals surface area contributed by atoms with Gasteiger partial charge in [0.15, 0.2) is 0 Å². The summed E-state index contributed by atoms with van der Waals surface area (Å²) in [6.07, 6.45) is 30.9. The van der Waals surface area contributed by atoms with Crippen LogP contribution >= 0.6 is 34.0 Å². The summed E-state index contributed by atoms with van der Waals surface area (Å²) in [6, 6.07) is 4.83. The molecule has 3 aromatic heterocycles. The molecular weight excluding hydrogens is 529 g/mol. The van der Waals surface area contributed by atoms with Crippen LogP contribution in [0.3, 0.4) is 0 Å². The number of unbranched alkanes of at least 4 members (excludes halogenated alkanes) is 18. The van der Waals surface area contributed by atoms with E-state index in [1.807, 2.05) is 22.7 Å². The molecule has 0 amide bonds. The zero-order valence-electron chi connectivity index (χ0n) is 25.1. The van der Waals surface area contributed by atoms with Gasteiger partial charge < -0.3 is 0 Å². The molecule has 3 heteroatoms. The number of aryl methyl sites for hydroxylation is 2. The van der Waals surface area contributed by atoms with Crippen LogP contribution in [-0.2, 0) is 12.8 Å². The molecule has 0 aliphatic carbocycles. The van der Waals surface area contributed by atoms with E-state index in [-0.39, 0.29) is 0 Å². The maximum absolute atomic E-state index is 2.42. The molecule has 3 heterocycles. The molecule has 39 heavy (non-hydrogen) atoms. The Hall–Kier alpha value is -0.900. The molecule has 0 unspecified atom stereocenters. The standard InChI is InChI=1S/C36H54S3/c1-3-5-7-9-11-13-15-17-19-21-23-31-33-29-25-27-37-35(29)36-30(26-28-38-36)34(33)32(39-31)24-22-20-18-16-14-12-10-8-6-4-2/h25-28H,3-24H2,1-2H3. The molecule has 0 N–H and O–H groups in total. The Morgan fingerprint density at radius 1 is 0.436 bits per heavy atom. The van der Waals surface area contributed by atoms with Crippen LogP contribution in [0.1, 0.15) is 152 Å². The van der Waals surface area contributed by atoms with E-state index in [0.29, 0.717) is 0 Å². The van der Waals surface area contributed by atoms with Crippen molar-refractivity contribution < 1.29 is 0 Å². The summed E-state index contributed by atoms with van der Waals surface area (Å²) < 4.78 is 3.06. The Balaban J connectivity index is 1.33. The van der Waals surface area contributed by atoms with E-state index in [0.717, 1.165) is 0 Å². The lowest BCUT2D eigenvalue weighted by Gasteiger charge is -2.05. The van der Waals surface area contributed by atoms with Gasteiger partial charge in [0.25, 0.3) is 0 Å². The molecule has 0 radical (unpaired) electrons. The molecule has 0 saturated heterocycles. The summed E-state index contributed by atoms with van der Waals surface area (Å²) in [6.45, 7) is 4.62. The molecule has 0 atom stereocenters. The molecular formula is C36H54S3. The normalized spacial score (nSPS) is 12.1. The van der Waals surface area contributed by atoms with E-state index < -0.39 is 0 Å². The predicted octanol–water partition coefficient (Wildman–Crippen LogP) is 14.3. The fourth-order valence-corrected chi connectivity index (χ4v) is 9.78. The quantitative estimate of drug-likeness (QED) is 0.0808. The van der Waals surface area contributed by atoms with Crippen LogP contribution in [0.25, 0.3) is 30.9 Å². The zero-order valence-corrected chi connectivity index (χ0v) is 27.5.